The van der Waals surface area contributed by atoms with Crippen molar-refractivity contribution in [2.24, 2.45) is 11.3 Å². The van der Waals surface area contributed by atoms with Crippen molar-refractivity contribution in [1.29, 1.82) is 0 Å². The highest BCUT2D eigenvalue weighted by Gasteiger charge is 2.48. The van der Waals surface area contributed by atoms with Crippen LogP contribution in [0.1, 0.15) is 38.5 Å². The monoisotopic (exact) mass is 234 g/mol. The highest BCUT2D eigenvalue weighted by atomic mass is 79.9. The molecule has 0 nitrogen and oxygen atoms in total. The lowest BCUT2D eigenvalue weighted by atomic mass is 9.51. The lowest BCUT2D eigenvalue weighted by Crippen LogP contribution is -2.43. The van der Waals surface area contributed by atoms with E-state index in [4.69, 9.17) is 0 Å². The van der Waals surface area contributed by atoms with Crippen LogP contribution < -0.4 is 0 Å². The molecule has 0 saturated heterocycles. The average molecular weight is 235 g/mol. The van der Waals surface area contributed by atoms with Gasteiger partial charge in [0.15, 0.2) is 0 Å². The summed E-state index contributed by atoms with van der Waals surface area (Å²) < 4.78 is 12.9. The minimum atomic E-state index is -0.604. The van der Waals surface area contributed by atoms with Crippen molar-refractivity contribution in [1.82, 2.24) is 0 Å². The third kappa shape index (κ3) is 1.55. The molecule has 2 aliphatic rings. The zero-order valence-electron chi connectivity index (χ0n) is 7.36. The van der Waals surface area contributed by atoms with E-state index in [0.717, 1.165) is 11.8 Å². The third-order valence-electron chi connectivity index (χ3n) is 3.61. The van der Waals surface area contributed by atoms with E-state index in [1.165, 1.54) is 32.1 Å². The maximum atomic E-state index is 12.9. The normalized spacial score (nSPS) is 29.5. The van der Waals surface area contributed by atoms with Gasteiger partial charge in [-0.2, -0.15) is 0 Å². The summed E-state index contributed by atoms with van der Waals surface area (Å²) in [5.74, 6) is 0.706. The highest BCUT2D eigenvalue weighted by Crippen LogP contribution is 2.59. The van der Waals surface area contributed by atoms with Crippen LogP contribution in [0.2, 0.25) is 0 Å². The molecule has 0 aliphatic heterocycles. The molecule has 0 unspecified atom stereocenters. The molecule has 0 bridgehead atoms. The van der Waals surface area contributed by atoms with Crippen LogP contribution in [0.25, 0.3) is 0 Å². The minimum Gasteiger partial charge on any atom is -0.247 e. The van der Waals surface area contributed by atoms with Crippen LogP contribution in [0.4, 0.5) is 4.39 Å². The van der Waals surface area contributed by atoms with Gasteiger partial charge >= 0.3 is 0 Å². The van der Waals surface area contributed by atoms with Gasteiger partial charge in [0.25, 0.3) is 0 Å². The molecule has 12 heavy (non-hydrogen) atoms. The Bertz CT molecular complexity index is 154. The van der Waals surface area contributed by atoms with E-state index in [0.29, 0.717) is 11.2 Å². The maximum absolute atomic E-state index is 12.9. The third-order valence-corrected chi connectivity index (χ3v) is 4.32. The van der Waals surface area contributed by atoms with E-state index in [1.54, 1.807) is 0 Å². The molecule has 0 radical (unpaired) electrons. The van der Waals surface area contributed by atoms with Crippen molar-refractivity contribution >= 4 is 15.9 Å². The van der Waals surface area contributed by atoms with Crippen molar-refractivity contribution in [3.63, 3.8) is 0 Å². The minimum absolute atomic E-state index is 0.524. The molecule has 2 rings (SSSR count). The molecule has 2 aliphatic carbocycles. The Morgan fingerprint density at radius 1 is 1.42 bits per heavy atom. The largest absolute Gasteiger partial charge is 0.247 e. The van der Waals surface area contributed by atoms with E-state index in [2.05, 4.69) is 15.9 Å². The fourth-order valence-electron chi connectivity index (χ4n) is 2.84. The van der Waals surface area contributed by atoms with Crippen LogP contribution in [0.15, 0.2) is 0 Å². The molecule has 0 aromatic carbocycles. The summed E-state index contributed by atoms with van der Waals surface area (Å²) in [5, 5.41) is 0.524. The van der Waals surface area contributed by atoms with Crippen molar-refractivity contribution in [2.45, 2.75) is 44.7 Å². The van der Waals surface area contributed by atoms with Gasteiger partial charge in [0.1, 0.15) is 6.17 Å². The summed E-state index contributed by atoms with van der Waals surface area (Å²) in [5.41, 5.74) is 0.719. The molecule has 2 heteroatoms. The number of hydrogen-bond acceptors (Lipinski definition) is 0. The molecule has 70 valence electrons. The Morgan fingerprint density at radius 3 is 2.50 bits per heavy atom. The van der Waals surface area contributed by atoms with Gasteiger partial charge in [-0.15, -0.1) is 0 Å². The molecular weight excluding hydrogens is 219 g/mol. The lowest BCUT2D eigenvalue weighted by Gasteiger charge is -2.54. The molecule has 2 saturated carbocycles. The van der Waals surface area contributed by atoms with Crippen LogP contribution in [0.5, 0.6) is 0 Å². The summed E-state index contributed by atoms with van der Waals surface area (Å²) in [6, 6.07) is 0. The van der Waals surface area contributed by atoms with E-state index in [-0.39, 0.29) is 0 Å². The van der Waals surface area contributed by atoms with Gasteiger partial charge in [0.05, 0.1) is 0 Å². The van der Waals surface area contributed by atoms with Crippen molar-refractivity contribution in [3.8, 4) is 0 Å². The number of rotatable bonds is 3. The predicted molar refractivity (Wildman–Crippen MR) is 52.3 cm³/mol. The number of hydrogen-bond donors (Lipinski definition) is 0. The SMILES string of the molecule is F[C@H](CBr)CC1CC2(CCC2)C1. The number of halogens is 2. The molecule has 1 atom stereocenters. The van der Waals surface area contributed by atoms with Crippen molar-refractivity contribution in [2.75, 3.05) is 5.33 Å². The van der Waals surface area contributed by atoms with Crippen LogP contribution >= 0.6 is 15.9 Å². The Hall–Kier alpha value is 0.410. The summed E-state index contributed by atoms with van der Waals surface area (Å²) in [7, 11) is 0. The molecule has 2 fully saturated rings. The second kappa shape index (κ2) is 3.28. The molecule has 0 amide bonds. The Morgan fingerprint density at radius 2 is 2.08 bits per heavy atom. The van der Waals surface area contributed by atoms with E-state index < -0.39 is 6.17 Å². The molecule has 0 aromatic heterocycles. The highest BCUT2D eigenvalue weighted by molar-refractivity contribution is 9.09. The number of alkyl halides is 2. The fraction of sp³-hybridized carbons (Fsp3) is 1.00. The average Bonchev–Trinajstić information content (AvgIpc) is 1.91. The second-order valence-corrected chi connectivity index (χ2v) is 5.26. The predicted octanol–water partition coefficient (Wildman–Crippen LogP) is 3.69. The van der Waals surface area contributed by atoms with E-state index in [1.807, 2.05) is 0 Å². The first-order valence-electron chi connectivity index (χ1n) is 4.94. The Kier molecular flexibility index (Phi) is 2.46. The van der Waals surface area contributed by atoms with Gasteiger partial charge in [-0.1, -0.05) is 22.4 Å². The summed E-state index contributed by atoms with van der Waals surface area (Å²) in [4.78, 5) is 0. The summed E-state index contributed by atoms with van der Waals surface area (Å²) >= 11 is 3.18. The first-order chi connectivity index (χ1) is 5.74. The second-order valence-electron chi connectivity index (χ2n) is 4.62. The first-order valence-corrected chi connectivity index (χ1v) is 6.06. The smallest absolute Gasteiger partial charge is 0.110 e. The lowest BCUT2D eigenvalue weighted by molar-refractivity contribution is -0.0345. The van der Waals surface area contributed by atoms with Crippen molar-refractivity contribution < 1.29 is 4.39 Å². The first kappa shape index (κ1) is 8.98. The molecule has 0 aromatic rings. The Labute approximate surface area is 82.0 Å². The molecule has 1 spiro atoms. The van der Waals surface area contributed by atoms with Gasteiger partial charge in [-0.25, -0.2) is 4.39 Å². The Balaban J connectivity index is 1.67. The summed E-state index contributed by atoms with van der Waals surface area (Å²) in [6.07, 6.45) is 7.11. The van der Waals surface area contributed by atoms with E-state index in [9.17, 15) is 4.39 Å². The van der Waals surface area contributed by atoms with Gasteiger partial charge in [0, 0.05) is 5.33 Å². The molecule has 0 N–H and O–H groups in total. The van der Waals surface area contributed by atoms with Crippen molar-refractivity contribution in [3.05, 3.63) is 0 Å². The van der Waals surface area contributed by atoms with Crippen LogP contribution in [-0.4, -0.2) is 11.5 Å². The van der Waals surface area contributed by atoms with Crippen LogP contribution in [0.3, 0.4) is 0 Å². The van der Waals surface area contributed by atoms with Gasteiger partial charge in [0.2, 0.25) is 0 Å². The quantitative estimate of drug-likeness (QED) is 0.654. The summed E-state index contributed by atoms with van der Waals surface area (Å²) in [6.45, 7) is 0. The van der Waals surface area contributed by atoms with Gasteiger partial charge in [-0.05, 0) is 43.4 Å². The topological polar surface area (TPSA) is 0 Å². The van der Waals surface area contributed by atoms with Crippen LogP contribution in [-0.2, 0) is 0 Å². The molecule has 0 heterocycles. The maximum Gasteiger partial charge on any atom is 0.110 e. The van der Waals surface area contributed by atoms with Gasteiger partial charge < -0.3 is 0 Å². The fourth-order valence-corrected chi connectivity index (χ4v) is 3.11. The zero-order valence-corrected chi connectivity index (χ0v) is 8.95. The molecular formula is C10H16BrF. The standard InChI is InChI=1S/C10H16BrF/c11-7-9(12)4-8-5-10(6-8)2-1-3-10/h8-9H,1-7H2/t9-/m0/s1. The van der Waals surface area contributed by atoms with E-state index >= 15 is 0 Å². The zero-order chi connectivity index (χ0) is 8.60. The van der Waals surface area contributed by atoms with Crippen LogP contribution in [0, 0.1) is 11.3 Å². The van der Waals surface area contributed by atoms with Gasteiger partial charge in [-0.3, -0.25) is 0 Å².